The maximum Gasteiger partial charge on any atom is 0.349 e. The first-order valence-electron chi connectivity index (χ1n) is 5.38. The van der Waals surface area contributed by atoms with Gasteiger partial charge in [0.1, 0.15) is 0 Å². The van der Waals surface area contributed by atoms with E-state index in [2.05, 4.69) is 0 Å². The van der Waals surface area contributed by atoms with E-state index in [9.17, 15) is 18.4 Å². The Morgan fingerprint density at radius 1 is 1.22 bits per heavy atom. The predicted octanol–water partition coefficient (Wildman–Crippen LogP) is 1.76. The van der Waals surface area contributed by atoms with Gasteiger partial charge in [0, 0.05) is 18.5 Å². The molecule has 0 aliphatic rings. The summed E-state index contributed by atoms with van der Waals surface area (Å²) in [5.41, 5.74) is -0.388. The Morgan fingerprint density at radius 2 is 1.83 bits per heavy atom. The summed E-state index contributed by atoms with van der Waals surface area (Å²) in [6.07, 6.45) is -0.0524. The molecule has 0 saturated carbocycles. The van der Waals surface area contributed by atoms with Gasteiger partial charge in [-0.15, -0.1) is 0 Å². The summed E-state index contributed by atoms with van der Waals surface area (Å²) in [6, 6.07) is 6.74. The van der Waals surface area contributed by atoms with Gasteiger partial charge in [-0.25, -0.2) is 0 Å². The van der Waals surface area contributed by atoms with Crippen molar-refractivity contribution in [3.8, 4) is 0 Å². The highest BCUT2D eigenvalue weighted by Gasteiger charge is 2.40. The molecule has 18 heavy (non-hydrogen) atoms. The predicted molar refractivity (Wildman–Crippen MR) is 60.2 cm³/mol. The van der Waals surface area contributed by atoms with Crippen LogP contribution in [0.25, 0.3) is 0 Å². The minimum Gasteiger partial charge on any atom is -0.481 e. The van der Waals surface area contributed by atoms with Gasteiger partial charge in [0.15, 0.2) is 0 Å². The number of hydrogen-bond acceptors (Lipinski definition) is 2. The first kappa shape index (κ1) is 14.1. The molecule has 4 nitrogen and oxygen atoms in total. The molecule has 0 unspecified atom stereocenters. The van der Waals surface area contributed by atoms with Gasteiger partial charge >= 0.3 is 11.9 Å². The number of halogens is 2. The van der Waals surface area contributed by atoms with Crippen molar-refractivity contribution in [1.29, 1.82) is 0 Å². The Morgan fingerprint density at radius 3 is 2.39 bits per heavy atom. The summed E-state index contributed by atoms with van der Waals surface area (Å²) in [7, 11) is 0. The number of amides is 1. The monoisotopic (exact) mass is 257 g/mol. The maximum atomic E-state index is 13.6. The van der Waals surface area contributed by atoms with E-state index in [4.69, 9.17) is 5.11 Å². The third-order valence-corrected chi connectivity index (χ3v) is 2.27. The second-order valence-electron chi connectivity index (χ2n) is 3.69. The molecule has 6 heteroatoms. The van der Waals surface area contributed by atoms with Crippen LogP contribution in [0.15, 0.2) is 30.3 Å². The normalized spacial score (nSPS) is 11.0. The molecule has 0 aliphatic carbocycles. The van der Waals surface area contributed by atoms with Crippen molar-refractivity contribution in [3.05, 3.63) is 35.9 Å². The molecular formula is C12H13F2NO3. The van der Waals surface area contributed by atoms with E-state index in [0.717, 1.165) is 12.1 Å². The molecule has 0 bridgehead atoms. The van der Waals surface area contributed by atoms with Gasteiger partial charge in [0.25, 0.3) is 5.91 Å². The van der Waals surface area contributed by atoms with Gasteiger partial charge in [0.2, 0.25) is 0 Å². The van der Waals surface area contributed by atoms with Gasteiger partial charge in [-0.05, 0) is 6.42 Å². The van der Waals surface area contributed by atoms with E-state index >= 15 is 0 Å². The Bertz CT molecular complexity index is 421. The number of carboxylic acid groups (broad SMARTS) is 1. The van der Waals surface area contributed by atoms with Crippen LogP contribution in [0, 0.1) is 0 Å². The smallest absolute Gasteiger partial charge is 0.349 e. The van der Waals surface area contributed by atoms with Crippen molar-refractivity contribution in [3.63, 3.8) is 0 Å². The van der Waals surface area contributed by atoms with E-state index in [-0.39, 0.29) is 24.9 Å². The number of carboxylic acids is 1. The molecule has 1 aromatic rings. The van der Waals surface area contributed by atoms with Gasteiger partial charge < -0.3 is 10.4 Å². The lowest BCUT2D eigenvalue weighted by molar-refractivity contribution is -0.147. The fraction of sp³-hybridized carbons (Fsp3) is 0.333. The van der Waals surface area contributed by atoms with Crippen LogP contribution in [0.2, 0.25) is 0 Å². The lowest BCUT2D eigenvalue weighted by atomic mass is 10.1. The molecule has 0 radical (unpaired) electrons. The summed E-state index contributed by atoms with van der Waals surface area (Å²) < 4.78 is 27.2. The van der Waals surface area contributed by atoms with Crippen LogP contribution in [0.1, 0.15) is 18.4 Å². The quantitative estimate of drug-likeness (QED) is 0.763. The van der Waals surface area contributed by atoms with Crippen LogP contribution in [0.4, 0.5) is 8.78 Å². The van der Waals surface area contributed by atoms with Crippen molar-refractivity contribution in [2.45, 2.75) is 18.8 Å². The maximum absolute atomic E-state index is 13.6. The molecule has 1 aromatic carbocycles. The zero-order valence-corrected chi connectivity index (χ0v) is 9.53. The zero-order chi connectivity index (χ0) is 13.6. The molecule has 0 saturated heterocycles. The van der Waals surface area contributed by atoms with E-state index in [1.807, 2.05) is 5.32 Å². The largest absolute Gasteiger partial charge is 0.481 e. The number of aliphatic carboxylic acids is 1. The number of hydrogen-bond donors (Lipinski definition) is 2. The Labute approximate surface area is 103 Å². The Balaban J connectivity index is 2.52. The molecule has 1 amide bonds. The van der Waals surface area contributed by atoms with Crippen LogP contribution >= 0.6 is 0 Å². The molecule has 0 spiro atoms. The molecule has 98 valence electrons. The van der Waals surface area contributed by atoms with Crippen molar-refractivity contribution in [1.82, 2.24) is 5.32 Å². The highest BCUT2D eigenvalue weighted by atomic mass is 19.3. The van der Waals surface area contributed by atoms with Gasteiger partial charge in [-0.1, -0.05) is 30.3 Å². The first-order chi connectivity index (χ1) is 8.44. The molecule has 0 fully saturated rings. The number of alkyl halides is 2. The highest BCUT2D eigenvalue weighted by molar-refractivity contribution is 5.84. The minimum atomic E-state index is -3.61. The highest BCUT2D eigenvalue weighted by Crippen LogP contribution is 2.27. The number of carbonyl (C=O) groups is 2. The molecule has 2 N–H and O–H groups in total. The zero-order valence-electron chi connectivity index (χ0n) is 9.53. The third kappa shape index (κ3) is 3.80. The summed E-state index contributed by atoms with van der Waals surface area (Å²) in [4.78, 5) is 21.5. The SMILES string of the molecule is O=C(O)CCCNC(=O)C(F)(F)c1ccccc1. The average molecular weight is 257 g/mol. The fourth-order valence-corrected chi connectivity index (χ4v) is 1.33. The minimum absolute atomic E-state index is 0.0897. The summed E-state index contributed by atoms with van der Waals surface area (Å²) in [5, 5.41) is 10.4. The third-order valence-electron chi connectivity index (χ3n) is 2.27. The molecular weight excluding hydrogens is 244 g/mol. The van der Waals surface area contributed by atoms with Gasteiger partial charge in [0.05, 0.1) is 0 Å². The van der Waals surface area contributed by atoms with E-state index in [1.165, 1.54) is 12.1 Å². The fourth-order valence-electron chi connectivity index (χ4n) is 1.33. The van der Waals surface area contributed by atoms with E-state index in [0.29, 0.717) is 0 Å². The molecule has 0 heterocycles. The van der Waals surface area contributed by atoms with Crippen molar-refractivity contribution < 1.29 is 23.5 Å². The van der Waals surface area contributed by atoms with Gasteiger partial charge in [-0.2, -0.15) is 8.78 Å². The topological polar surface area (TPSA) is 66.4 Å². The lowest BCUT2D eigenvalue weighted by Crippen LogP contribution is -2.38. The van der Waals surface area contributed by atoms with Crippen LogP contribution in [-0.2, 0) is 15.5 Å². The van der Waals surface area contributed by atoms with Crippen molar-refractivity contribution >= 4 is 11.9 Å². The van der Waals surface area contributed by atoms with Crippen LogP contribution in [0.5, 0.6) is 0 Å². The van der Waals surface area contributed by atoms with Crippen LogP contribution < -0.4 is 5.32 Å². The van der Waals surface area contributed by atoms with Crippen molar-refractivity contribution in [2.24, 2.45) is 0 Å². The summed E-state index contributed by atoms with van der Waals surface area (Å²) in [5.74, 6) is -6.05. The second kappa shape index (κ2) is 6.09. The number of rotatable bonds is 6. The first-order valence-corrected chi connectivity index (χ1v) is 5.38. The van der Waals surface area contributed by atoms with Crippen molar-refractivity contribution in [2.75, 3.05) is 6.54 Å². The van der Waals surface area contributed by atoms with E-state index < -0.39 is 17.8 Å². The molecule has 0 aromatic heterocycles. The van der Waals surface area contributed by atoms with Crippen LogP contribution in [-0.4, -0.2) is 23.5 Å². The second-order valence-corrected chi connectivity index (χ2v) is 3.69. The molecule has 1 rings (SSSR count). The lowest BCUT2D eigenvalue weighted by Gasteiger charge is -2.16. The van der Waals surface area contributed by atoms with Crippen LogP contribution in [0.3, 0.4) is 0 Å². The van der Waals surface area contributed by atoms with Gasteiger partial charge in [-0.3, -0.25) is 9.59 Å². The number of benzene rings is 1. The standard InChI is InChI=1S/C12H13F2NO3/c13-12(14,9-5-2-1-3-6-9)11(18)15-8-4-7-10(16)17/h1-3,5-6H,4,7-8H2,(H,15,18)(H,16,17). The molecule has 0 atom stereocenters. The molecule has 0 aliphatic heterocycles. The Hall–Kier alpha value is -1.98. The van der Waals surface area contributed by atoms with E-state index in [1.54, 1.807) is 6.07 Å². The summed E-state index contributed by atoms with van der Waals surface area (Å²) >= 11 is 0. The summed E-state index contributed by atoms with van der Waals surface area (Å²) in [6.45, 7) is -0.0897. The number of carbonyl (C=O) groups excluding carboxylic acids is 1. The number of nitrogens with one attached hydrogen (secondary N) is 1. The average Bonchev–Trinajstić information content (AvgIpc) is 2.35. The Kier molecular flexibility index (Phi) is 4.76.